The zero-order chi connectivity index (χ0) is 19.2. The first-order chi connectivity index (χ1) is 12.9. The van der Waals surface area contributed by atoms with E-state index in [2.05, 4.69) is 4.98 Å². The van der Waals surface area contributed by atoms with Gasteiger partial charge in [0, 0.05) is 10.8 Å². The minimum Gasteiger partial charge on any atom is -0.491 e. The van der Waals surface area contributed by atoms with E-state index in [-0.39, 0.29) is 17.6 Å². The van der Waals surface area contributed by atoms with Crippen molar-refractivity contribution in [2.45, 2.75) is 37.4 Å². The summed E-state index contributed by atoms with van der Waals surface area (Å²) >= 11 is 0. The van der Waals surface area contributed by atoms with E-state index in [1.165, 1.54) is 6.07 Å². The fourth-order valence-corrected chi connectivity index (χ4v) is 4.97. The zero-order valence-corrected chi connectivity index (χ0v) is 15.8. The number of benzene rings is 1. The van der Waals surface area contributed by atoms with Gasteiger partial charge in [-0.05, 0) is 44.7 Å². The summed E-state index contributed by atoms with van der Waals surface area (Å²) in [5.41, 5.74) is -0.419. The van der Waals surface area contributed by atoms with E-state index in [0.717, 1.165) is 12.8 Å². The maximum atomic E-state index is 12.3. The molecule has 8 heteroatoms. The van der Waals surface area contributed by atoms with Crippen LogP contribution < -0.4 is 10.3 Å². The largest absolute Gasteiger partial charge is 0.491 e. The van der Waals surface area contributed by atoms with Gasteiger partial charge >= 0.3 is 5.97 Å². The summed E-state index contributed by atoms with van der Waals surface area (Å²) in [5, 5.41) is 0.649. The molecule has 144 valence electrons. The lowest BCUT2D eigenvalue weighted by molar-refractivity contribution is 0.0524. The number of fused-ring (bicyclic) bond motifs is 1. The Kier molecular flexibility index (Phi) is 4.25. The van der Waals surface area contributed by atoms with Crippen molar-refractivity contribution in [1.82, 2.24) is 4.98 Å². The van der Waals surface area contributed by atoms with Crippen LogP contribution in [-0.4, -0.2) is 37.3 Å². The highest BCUT2D eigenvalue weighted by Gasteiger charge is 2.68. The van der Waals surface area contributed by atoms with Crippen LogP contribution in [0.4, 0.5) is 0 Å². The van der Waals surface area contributed by atoms with Gasteiger partial charge in [-0.25, -0.2) is 13.2 Å². The molecule has 1 aromatic carbocycles. The SMILES string of the molecule is CCOC(=O)c1cc2cccc(OCC3(C4([SH](=O)=O)CC4)CC3)c2[nH]c1=O. The Morgan fingerprint density at radius 2 is 1.96 bits per heavy atom. The molecule has 1 aromatic heterocycles. The average molecular weight is 391 g/mol. The van der Waals surface area contributed by atoms with Crippen LogP contribution >= 0.6 is 0 Å². The maximum absolute atomic E-state index is 12.3. The van der Waals surface area contributed by atoms with Crippen LogP contribution in [0.2, 0.25) is 0 Å². The number of ether oxygens (including phenoxy) is 2. The van der Waals surface area contributed by atoms with Crippen LogP contribution in [0.5, 0.6) is 5.75 Å². The fraction of sp³-hybridized carbons (Fsp3) is 0.474. The van der Waals surface area contributed by atoms with Crippen LogP contribution in [0.15, 0.2) is 29.1 Å². The van der Waals surface area contributed by atoms with Crippen molar-refractivity contribution >= 4 is 27.6 Å². The minimum atomic E-state index is -2.48. The lowest BCUT2D eigenvalue weighted by Crippen LogP contribution is -2.31. The summed E-state index contributed by atoms with van der Waals surface area (Å²) in [6.45, 7) is 2.16. The van der Waals surface area contributed by atoms with Crippen molar-refractivity contribution in [2.24, 2.45) is 5.41 Å². The molecule has 7 nitrogen and oxygen atoms in total. The normalized spacial score (nSPS) is 19.0. The molecule has 0 aliphatic heterocycles. The Bertz CT molecular complexity index is 1040. The molecule has 0 saturated heterocycles. The van der Waals surface area contributed by atoms with E-state index >= 15 is 0 Å². The van der Waals surface area contributed by atoms with Crippen LogP contribution in [-0.2, 0) is 15.4 Å². The highest BCUT2D eigenvalue weighted by molar-refractivity contribution is 7.74. The number of rotatable bonds is 7. The molecule has 27 heavy (non-hydrogen) atoms. The van der Waals surface area contributed by atoms with Crippen LogP contribution in [0.1, 0.15) is 43.0 Å². The first-order valence-electron chi connectivity index (χ1n) is 9.03. The minimum absolute atomic E-state index is 0.0551. The van der Waals surface area contributed by atoms with Crippen molar-refractivity contribution in [3.63, 3.8) is 0 Å². The van der Waals surface area contributed by atoms with Crippen molar-refractivity contribution in [1.29, 1.82) is 0 Å². The molecule has 0 amide bonds. The molecule has 0 radical (unpaired) electrons. The number of pyridine rings is 1. The predicted octanol–water partition coefficient (Wildman–Crippen LogP) is 2.01. The second-order valence-corrected chi connectivity index (χ2v) is 8.68. The number of hydrogen-bond donors (Lipinski definition) is 2. The number of hydrogen-bond acceptors (Lipinski definition) is 6. The number of carbonyl (C=O) groups is 1. The van der Waals surface area contributed by atoms with Gasteiger partial charge in [0.1, 0.15) is 22.0 Å². The van der Waals surface area contributed by atoms with E-state index in [0.29, 0.717) is 36.1 Å². The third-order valence-electron chi connectivity index (χ3n) is 5.75. The van der Waals surface area contributed by atoms with Gasteiger partial charge in [-0.3, -0.25) is 4.79 Å². The highest BCUT2D eigenvalue weighted by atomic mass is 32.2. The molecule has 2 fully saturated rings. The number of aromatic amines is 1. The number of nitrogens with one attached hydrogen (secondary N) is 1. The molecular weight excluding hydrogens is 370 g/mol. The molecule has 0 spiro atoms. The Morgan fingerprint density at radius 3 is 2.56 bits per heavy atom. The standard InChI is InChI=1S/C19H21NO6S/c1-2-25-17(22)13-10-12-4-3-5-14(15(12)20-16(13)21)26-11-18(6-7-18)19(8-9-19)27(23)24/h3-5,10,27H,2,6-9,11H2,1H3,(H,20,21). The Labute approximate surface area is 157 Å². The average Bonchev–Trinajstić information content (AvgIpc) is 3.53. The van der Waals surface area contributed by atoms with Gasteiger partial charge in [-0.15, -0.1) is 0 Å². The summed E-state index contributed by atoms with van der Waals surface area (Å²) in [7, 11) is -2.48. The lowest BCUT2D eigenvalue weighted by atomic mass is 10.0. The van der Waals surface area contributed by atoms with Crippen molar-refractivity contribution in [2.75, 3.05) is 13.2 Å². The van der Waals surface area contributed by atoms with E-state index in [4.69, 9.17) is 9.47 Å². The van der Waals surface area contributed by atoms with Gasteiger partial charge < -0.3 is 14.5 Å². The van der Waals surface area contributed by atoms with Gasteiger partial charge in [-0.2, -0.15) is 0 Å². The van der Waals surface area contributed by atoms with E-state index < -0.39 is 27.0 Å². The molecule has 1 N–H and O–H groups in total. The molecule has 1 heterocycles. The lowest BCUT2D eigenvalue weighted by Gasteiger charge is -2.22. The molecule has 2 aliphatic carbocycles. The predicted molar refractivity (Wildman–Crippen MR) is 100.0 cm³/mol. The fourth-order valence-electron chi connectivity index (χ4n) is 3.82. The molecule has 0 atom stereocenters. The van der Waals surface area contributed by atoms with Gasteiger partial charge in [0.15, 0.2) is 0 Å². The Hall–Kier alpha value is -2.35. The van der Waals surface area contributed by atoms with Crippen LogP contribution in [0, 0.1) is 5.41 Å². The Morgan fingerprint density at radius 1 is 1.22 bits per heavy atom. The smallest absolute Gasteiger partial charge is 0.343 e. The number of carbonyl (C=O) groups excluding carboxylic acids is 1. The summed E-state index contributed by atoms with van der Waals surface area (Å²) in [4.78, 5) is 26.9. The highest BCUT2D eigenvalue weighted by Crippen LogP contribution is 2.66. The molecule has 0 unspecified atom stereocenters. The molecule has 4 rings (SSSR count). The summed E-state index contributed by atoms with van der Waals surface area (Å²) in [6, 6.07) is 6.76. The number of para-hydroxylation sites is 1. The molecule has 2 aliphatic rings. The molecule has 0 bridgehead atoms. The van der Waals surface area contributed by atoms with Crippen LogP contribution in [0.25, 0.3) is 10.9 Å². The number of H-pyrrole nitrogens is 1. The number of esters is 1. The van der Waals surface area contributed by atoms with Crippen molar-refractivity contribution < 1.29 is 22.7 Å². The number of thiol groups is 1. The van der Waals surface area contributed by atoms with Gasteiger partial charge in [0.25, 0.3) is 5.56 Å². The topological polar surface area (TPSA) is 103 Å². The molecular formula is C19H21NO6S. The molecule has 2 saturated carbocycles. The van der Waals surface area contributed by atoms with Gasteiger partial charge in [-0.1, -0.05) is 12.1 Å². The third-order valence-corrected chi connectivity index (χ3v) is 7.38. The molecule has 2 aromatic rings. The first kappa shape index (κ1) is 18.0. The van der Waals surface area contributed by atoms with Gasteiger partial charge in [0.05, 0.1) is 23.5 Å². The summed E-state index contributed by atoms with van der Waals surface area (Å²) < 4.78 is 33.6. The van der Waals surface area contributed by atoms with Crippen molar-refractivity contribution in [3.8, 4) is 5.75 Å². The Balaban J connectivity index is 1.63. The number of aromatic nitrogens is 1. The van der Waals surface area contributed by atoms with E-state index in [1.54, 1.807) is 25.1 Å². The first-order valence-corrected chi connectivity index (χ1v) is 10.2. The summed E-state index contributed by atoms with van der Waals surface area (Å²) in [6.07, 6.45) is 3.07. The monoisotopic (exact) mass is 391 g/mol. The quantitative estimate of drug-likeness (QED) is 0.553. The second-order valence-electron chi connectivity index (χ2n) is 7.31. The maximum Gasteiger partial charge on any atom is 0.343 e. The van der Waals surface area contributed by atoms with Crippen LogP contribution in [0.3, 0.4) is 0 Å². The van der Waals surface area contributed by atoms with Crippen molar-refractivity contribution in [3.05, 3.63) is 40.2 Å². The third kappa shape index (κ3) is 2.92. The van der Waals surface area contributed by atoms with E-state index in [9.17, 15) is 18.0 Å². The van der Waals surface area contributed by atoms with Gasteiger partial charge in [0.2, 0.25) is 0 Å². The second kappa shape index (κ2) is 6.37. The van der Waals surface area contributed by atoms with E-state index in [1.807, 2.05) is 0 Å². The summed E-state index contributed by atoms with van der Waals surface area (Å²) in [5.74, 6) is -0.193. The zero-order valence-electron chi connectivity index (χ0n) is 14.9.